The zero-order valence-corrected chi connectivity index (χ0v) is 20.9. The molecule has 0 atom stereocenters. The Morgan fingerprint density at radius 2 is 1.12 bits per heavy atom. The fourth-order valence-corrected chi connectivity index (χ4v) is 7.13. The SMILES string of the molecule is c1ccc(CCSc2cc3cn(C4CCCCC4)cc3cc2SCCc2ccccc2)cc1. The van der Waals surface area contributed by atoms with Crippen LogP contribution in [0.5, 0.6) is 0 Å². The number of rotatable bonds is 9. The zero-order chi connectivity index (χ0) is 22.3. The summed E-state index contributed by atoms with van der Waals surface area (Å²) in [7, 11) is 0. The highest BCUT2D eigenvalue weighted by atomic mass is 32.2. The van der Waals surface area contributed by atoms with Gasteiger partial charge in [-0.05, 0) is 48.9 Å². The van der Waals surface area contributed by atoms with Gasteiger partial charge in [0.15, 0.2) is 0 Å². The third-order valence-corrected chi connectivity index (χ3v) is 8.95. The van der Waals surface area contributed by atoms with E-state index in [2.05, 4.69) is 89.8 Å². The number of benzene rings is 3. The number of thioether (sulfide) groups is 2. The second-order valence-electron chi connectivity index (χ2n) is 9.09. The van der Waals surface area contributed by atoms with Crippen molar-refractivity contribution in [3.05, 3.63) is 96.3 Å². The smallest absolute Gasteiger partial charge is 0.0331 e. The summed E-state index contributed by atoms with van der Waals surface area (Å²) in [5, 5.41) is 2.80. The van der Waals surface area contributed by atoms with Gasteiger partial charge in [0.2, 0.25) is 0 Å². The Balaban J connectivity index is 1.34. The molecule has 1 aliphatic carbocycles. The van der Waals surface area contributed by atoms with E-state index >= 15 is 0 Å². The van der Waals surface area contributed by atoms with E-state index in [-0.39, 0.29) is 0 Å². The maximum absolute atomic E-state index is 2.51. The highest BCUT2D eigenvalue weighted by Gasteiger charge is 2.16. The van der Waals surface area contributed by atoms with E-state index in [1.165, 1.54) is 63.8 Å². The van der Waals surface area contributed by atoms with Crippen LogP contribution in [-0.2, 0) is 12.8 Å². The van der Waals surface area contributed by atoms with Crippen molar-refractivity contribution in [2.75, 3.05) is 11.5 Å². The molecule has 1 nitrogen and oxygen atoms in total. The van der Waals surface area contributed by atoms with E-state index in [4.69, 9.17) is 0 Å². The minimum Gasteiger partial charge on any atom is -0.350 e. The van der Waals surface area contributed by atoms with Crippen LogP contribution in [-0.4, -0.2) is 16.1 Å². The highest BCUT2D eigenvalue weighted by Crippen LogP contribution is 2.37. The molecule has 0 spiro atoms. The lowest BCUT2D eigenvalue weighted by Gasteiger charge is -2.23. The second kappa shape index (κ2) is 11.4. The van der Waals surface area contributed by atoms with E-state index in [0.717, 1.165) is 24.3 Å². The van der Waals surface area contributed by atoms with Crippen LogP contribution in [0.25, 0.3) is 10.8 Å². The van der Waals surface area contributed by atoms with Crippen LogP contribution >= 0.6 is 23.5 Å². The van der Waals surface area contributed by atoms with Crippen molar-refractivity contribution >= 4 is 34.3 Å². The Labute approximate surface area is 207 Å². The van der Waals surface area contributed by atoms with Gasteiger partial charge >= 0.3 is 0 Å². The van der Waals surface area contributed by atoms with Crippen molar-refractivity contribution in [1.29, 1.82) is 0 Å². The summed E-state index contributed by atoms with van der Waals surface area (Å²) in [6.07, 6.45) is 13.9. The van der Waals surface area contributed by atoms with Gasteiger partial charge in [-0.25, -0.2) is 0 Å². The quantitative estimate of drug-likeness (QED) is 0.225. The van der Waals surface area contributed by atoms with Gasteiger partial charge in [-0.1, -0.05) is 79.9 Å². The molecule has 5 rings (SSSR count). The van der Waals surface area contributed by atoms with Crippen LogP contribution < -0.4 is 0 Å². The molecule has 0 aliphatic heterocycles. The molecule has 170 valence electrons. The number of aryl methyl sites for hydroxylation is 2. The number of hydrogen-bond acceptors (Lipinski definition) is 2. The lowest BCUT2D eigenvalue weighted by Crippen LogP contribution is -2.10. The molecule has 33 heavy (non-hydrogen) atoms. The molecule has 1 saturated carbocycles. The third-order valence-electron chi connectivity index (χ3n) is 6.70. The molecule has 3 aromatic carbocycles. The number of hydrogen-bond donors (Lipinski definition) is 0. The van der Waals surface area contributed by atoms with Crippen LogP contribution in [0.3, 0.4) is 0 Å². The molecule has 3 heteroatoms. The Bertz CT molecular complexity index is 1060. The van der Waals surface area contributed by atoms with E-state index in [1.807, 2.05) is 23.5 Å². The number of fused-ring (bicyclic) bond motifs is 1. The van der Waals surface area contributed by atoms with E-state index in [9.17, 15) is 0 Å². The lowest BCUT2D eigenvalue weighted by molar-refractivity contribution is 0.355. The Kier molecular flexibility index (Phi) is 7.80. The van der Waals surface area contributed by atoms with Gasteiger partial charge in [-0.2, -0.15) is 0 Å². The number of aromatic nitrogens is 1. The van der Waals surface area contributed by atoms with Gasteiger partial charge in [0.1, 0.15) is 0 Å². The summed E-state index contributed by atoms with van der Waals surface area (Å²) in [5.41, 5.74) is 2.85. The molecule has 0 N–H and O–H groups in total. The molecular formula is C30H33NS2. The minimum absolute atomic E-state index is 0.689. The molecule has 0 saturated heterocycles. The summed E-state index contributed by atoms with van der Waals surface area (Å²) < 4.78 is 2.51. The van der Waals surface area contributed by atoms with Crippen LogP contribution in [0.2, 0.25) is 0 Å². The van der Waals surface area contributed by atoms with Crippen LogP contribution in [0.15, 0.2) is 95.0 Å². The fourth-order valence-electron chi connectivity index (χ4n) is 4.84. The summed E-state index contributed by atoms with van der Waals surface area (Å²) in [5.74, 6) is 2.23. The van der Waals surface area contributed by atoms with Crippen LogP contribution in [0.4, 0.5) is 0 Å². The van der Waals surface area contributed by atoms with Crippen LogP contribution in [0.1, 0.15) is 49.3 Å². The normalized spacial score (nSPS) is 14.7. The molecule has 0 amide bonds. The van der Waals surface area contributed by atoms with Crippen molar-refractivity contribution < 1.29 is 0 Å². The first kappa shape index (κ1) is 22.7. The highest BCUT2D eigenvalue weighted by molar-refractivity contribution is 8.02. The summed E-state index contributed by atoms with van der Waals surface area (Å²) in [6, 6.07) is 27.3. The predicted octanol–water partition coefficient (Wildman–Crippen LogP) is 8.82. The van der Waals surface area contributed by atoms with Crippen molar-refractivity contribution in [1.82, 2.24) is 4.57 Å². The van der Waals surface area contributed by atoms with Gasteiger partial charge < -0.3 is 4.57 Å². The van der Waals surface area contributed by atoms with Crippen molar-refractivity contribution in [3.8, 4) is 0 Å². The maximum atomic E-state index is 2.51. The van der Waals surface area contributed by atoms with Crippen molar-refractivity contribution in [3.63, 3.8) is 0 Å². The molecule has 4 aromatic rings. The Morgan fingerprint density at radius 3 is 1.61 bits per heavy atom. The molecule has 1 aromatic heterocycles. The predicted molar refractivity (Wildman–Crippen MR) is 146 cm³/mol. The molecule has 1 aliphatic rings. The van der Waals surface area contributed by atoms with Gasteiger partial charge in [0.05, 0.1) is 0 Å². The van der Waals surface area contributed by atoms with E-state index < -0.39 is 0 Å². The third kappa shape index (κ3) is 6.07. The first-order valence-electron chi connectivity index (χ1n) is 12.3. The average Bonchev–Trinajstić information content (AvgIpc) is 3.29. The van der Waals surface area contributed by atoms with Gasteiger partial charge in [0.25, 0.3) is 0 Å². The fraction of sp³-hybridized carbons (Fsp3) is 0.333. The standard InChI is InChI=1S/C30H33NS2/c1-4-10-24(11-5-1)16-18-32-29-20-26-22-31(28-14-8-3-9-15-28)23-27(26)21-30(29)33-19-17-25-12-6-2-7-13-25/h1-2,4-7,10-13,20-23,28H,3,8-9,14-19H2. The van der Waals surface area contributed by atoms with Crippen molar-refractivity contribution in [2.45, 2.75) is 60.8 Å². The van der Waals surface area contributed by atoms with E-state index in [1.54, 1.807) is 0 Å². The van der Waals surface area contributed by atoms with Crippen LogP contribution in [0, 0.1) is 0 Å². The lowest BCUT2D eigenvalue weighted by atomic mass is 9.95. The molecule has 0 unspecified atom stereocenters. The topological polar surface area (TPSA) is 4.93 Å². The maximum Gasteiger partial charge on any atom is 0.0331 e. The molecule has 1 heterocycles. The minimum atomic E-state index is 0.689. The Hall–Kier alpha value is -2.10. The van der Waals surface area contributed by atoms with Gasteiger partial charge in [0, 0.05) is 50.5 Å². The molecular weight excluding hydrogens is 438 g/mol. The molecule has 0 radical (unpaired) electrons. The first-order valence-corrected chi connectivity index (χ1v) is 14.3. The largest absolute Gasteiger partial charge is 0.350 e. The summed E-state index contributed by atoms with van der Waals surface area (Å²) in [6.45, 7) is 0. The first-order chi connectivity index (χ1) is 16.3. The zero-order valence-electron chi connectivity index (χ0n) is 19.3. The summed E-state index contributed by atoms with van der Waals surface area (Å²) >= 11 is 4.04. The second-order valence-corrected chi connectivity index (χ2v) is 11.4. The van der Waals surface area contributed by atoms with E-state index in [0.29, 0.717) is 6.04 Å². The monoisotopic (exact) mass is 471 g/mol. The Morgan fingerprint density at radius 1 is 0.636 bits per heavy atom. The molecule has 1 fully saturated rings. The van der Waals surface area contributed by atoms with Crippen molar-refractivity contribution in [2.24, 2.45) is 0 Å². The average molecular weight is 472 g/mol. The van der Waals surface area contributed by atoms with Gasteiger partial charge in [-0.15, -0.1) is 23.5 Å². The van der Waals surface area contributed by atoms with Gasteiger partial charge in [-0.3, -0.25) is 0 Å². The number of nitrogens with zero attached hydrogens (tertiary/aromatic N) is 1. The summed E-state index contributed by atoms with van der Waals surface area (Å²) in [4.78, 5) is 2.88. The molecule has 0 bridgehead atoms.